The molecule has 1 aliphatic carbocycles. The molecule has 2 rings (SSSR count). The molecule has 1 amide bonds. The second-order valence-corrected chi connectivity index (χ2v) is 4.69. The molecule has 90 valence electrons. The van der Waals surface area contributed by atoms with Crippen molar-refractivity contribution in [3.63, 3.8) is 0 Å². The Morgan fingerprint density at radius 2 is 1.88 bits per heavy atom. The molecule has 1 saturated carbocycles. The largest absolute Gasteiger partial charge is 0.350 e. The highest BCUT2D eigenvalue weighted by Gasteiger charge is 2.17. The lowest BCUT2D eigenvalue weighted by molar-refractivity contribution is -0.118. The van der Waals surface area contributed by atoms with Crippen LogP contribution in [0.15, 0.2) is 35.9 Å². The van der Waals surface area contributed by atoms with E-state index < -0.39 is 0 Å². The molecule has 0 atom stereocenters. The monoisotopic (exact) mass is 229 g/mol. The lowest BCUT2D eigenvalue weighted by atomic mass is 10.1. The van der Waals surface area contributed by atoms with Crippen LogP contribution in [0.3, 0.4) is 0 Å². The smallest absolute Gasteiger partial charge is 0.247 e. The first kappa shape index (κ1) is 11.9. The Labute approximate surface area is 103 Å². The molecule has 0 aliphatic heterocycles. The minimum absolute atomic E-state index is 0.0701. The van der Waals surface area contributed by atoms with Gasteiger partial charge in [-0.15, -0.1) is 0 Å². The molecule has 0 radical (unpaired) electrons. The van der Waals surface area contributed by atoms with Gasteiger partial charge in [0.15, 0.2) is 0 Å². The summed E-state index contributed by atoms with van der Waals surface area (Å²) in [4.78, 5) is 11.9. The second-order valence-electron chi connectivity index (χ2n) is 4.69. The van der Waals surface area contributed by atoms with Crippen molar-refractivity contribution >= 4 is 12.0 Å². The Kier molecular flexibility index (Phi) is 3.97. The van der Waals surface area contributed by atoms with Gasteiger partial charge in [-0.05, 0) is 31.4 Å². The summed E-state index contributed by atoms with van der Waals surface area (Å²) in [6.45, 7) is 1.87. The average molecular weight is 229 g/mol. The lowest BCUT2D eigenvalue weighted by Gasteiger charge is -2.11. The van der Waals surface area contributed by atoms with Gasteiger partial charge in [-0.3, -0.25) is 4.79 Å². The maximum absolute atomic E-state index is 11.9. The normalized spacial score (nSPS) is 17.1. The van der Waals surface area contributed by atoms with E-state index in [0.29, 0.717) is 6.04 Å². The first-order valence-corrected chi connectivity index (χ1v) is 6.30. The van der Waals surface area contributed by atoms with Crippen LogP contribution in [0.5, 0.6) is 0 Å². The highest BCUT2D eigenvalue weighted by atomic mass is 16.1. The van der Waals surface area contributed by atoms with E-state index in [1.54, 1.807) is 0 Å². The molecule has 0 bridgehead atoms. The molecule has 0 spiro atoms. The maximum Gasteiger partial charge on any atom is 0.247 e. The first-order chi connectivity index (χ1) is 8.25. The molecule has 2 nitrogen and oxygen atoms in total. The van der Waals surface area contributed by atoms with Crippen molar-refractivity contribution in [3.05, 3.63) is 41.5 Å². The van der Waals surface area contributed by atoms with Gasteiger partial charge in [-0.25, -0.2) is 0 Å². The first-order valence-electron chi connectivity index (χ1n) is 6.30. The molecule has 0 heterocycles. The van der Waals surface area contributed by atoms with Crippen LogP contribution in [0.4, 0.5) is 0 Å². The fourth-order valence-corrected chi connectivity index (χ4v) is 2.23. The lowest BCUT2D eigenvalue weighted by Crippen LogP contribution is -2.33. The van der Waals surface area contributed by atoms with Crippen molar-refractivity contribution in [2.75, 3.05) is 0 Å². The number of amides is 1. The average Bonchev–Trinajstić information content (AvgIpc) is 2.83. The van der Waals surface area contributed by atoms with Crippen molar-refractivity contribution < 1.29 is 4.79 Å². The van der Waals surface area contributed by atoms with E-state index in [1.165, 1.54) is 12.8 Å². The third-order valence-electron chi connectivity index (χ3n) is 3.23. The number of hydrogen-bond donors (Lipinski definition) is 1. The van der Waals surface area contributed by atoms with Crippen molar-refractivity contribution in [1.82, 2.24) is 5.32 Å². The van der Waals surface area contributed by atoms with Gasteiger partial charge in [0.25, 0.3) is 0 Å². The van der Waals surface area contributed by atoms with E-state index in [1.807, 2.05) is 43.3 Å². The topological polar surface area (TPSA) is 29.1 Å². The van der Waals surface area contributed by atoms with Gasteiger partial charge in [0.05, 0.1) is 0 Å². The standard InChI is InChI=1S/C15H19NO/c1-12(11-13-7-3-2-4-8-13)15(17)16-14-9-5-6-10-14/h2-4,7-8,11,14H,5-6,9-10H2,1H3,(H,16,17). The van der Waals surface area contributed by atoms with Gasteiger partial charge >= 0.3 is 0 Å². The van der Waals surface area contributed by atoms with E-state index >= 15 is 0 Å². The number of benzene rings is 1. The van der Waals surface area contributed by atoms with Crippen LogP contribution in [-0.2, 0) is 4.79 Å². The zero-order valence-corrected chi connectivity index (χ0v) is 10.3. The SMILES string of the molecule is CC(=Cc1ccccc1)C(=O)NC1CCCC1. The van der Waals surface area contributed by atoms with E-state index in [0.717, 1.165) is 24.0 Å². The van der Waals surface area contributed by atoms with Crippen LogP contribution < -0.4 is 5.32 Å². The molecule has 1 fully saturated rings. The fraction of sp³-hybridized carbons (Fsp3) is 0.400. The van der Waals surface area contributed by atoms with Crippen molar-refractivity contribution in [1.29, 1.82) is 0 Å². The summed E-state index contributed by atoms with van der Waals surface area (Å²) in [5.41, 5.74) is 1.86. The van der Waals surface area contributed by atoms with Crippen molar-refractivity contribution in [2.24, 2.45) is 0 Å². The molecule has 1 aromatic carbocycles. The van der Waals surface area contributed by atoms with E-state index in [9.17, 15) is 4.79 Å². The number of carbonyl (C=O) groups excluding carboxylic acids is 1. The van der Waals surface area contributed by atoms with Crippen LogP contribution >= 0.6 is 0 Å². The Morgan fingerprint density at radius 1 is 1.24 bits per heavy atom. The zero-order chi connectivity index (χ0) is 12.1. The van der Waals surface area contributed by atoms with Crippen LogP contribution in [0.25, 0.3) is 6.08 Å². The minimum Gasteiger partial charge on any atom is -0.350 e. The van der Waals surface area contributed by atoms with E-state index in [2.05, 4.69) is 5.32 Å². The molecular formula is C15H19NO. The molecule has 0 aromatic heterocycles. The molecular weight excluding hydrogens is 210 g/mol. The van der Waals surface area contributed by atoms with Crippen LogP contribution in [0, 0.1) is 0 Å². The van der Waals surface area contributed by atoms with Crippen molar-refractivity contribution in [3.8, 4) is 0 Å². The Balaban J connectivity index is 1.96. The quantitative estimate of drug-likeness (QED) is 0.793. The highest BCUT2D eigenvalue weighted by molar-refractivity contribution is 5.97. The van der Waals surface area contributed by atoms with Gasteiger partial charge in [-0.1, -0.05) is 43.2 Å². The molecule has 1 aromatic rings. The van der Waals surface area contributed by atoms with E-state index in [-0.39, 0.29) is 5.91 Å². The molecule has 0 saturated heterocycles. The number of carbonyl (C=O) groups is 1. The Bertz CT molecular complexity index is 402. The number of hydrogen-bond acceptors (Lipinski definition) is 1. The summed E-state index contributed by atoms with van der Waals surface area (Å²) in [6.07, 6.45) is 6.68. The second kappa shape index (κ2) is 5.67. The predicted molar refractivity (Wildman–Crippen MR) is 70.5 cm³/mol. The summed E-state index contributed by atoms with van der Waals surface area (Å²) in [7, 11) is 0. The summed E-state index contributed by atoms with van der Waals surface area (Å²) in [5, 5.41) is 3.09. The Morgan fingerprint density at radius 3 is 2.53 bits per heavy atom. The molecule has 17 heavy (non-hydrogen) atoms. The zero-order valence-electron chi connectivity index (χ0n) is 10.3. The van der Waals surface area contributed by atoms with Gasteiger partial charge in [-0.2, -0.15) is 0 Å². The Hall–Kier alpha value is -1.57. The van der Waals surface area contributed by atoms with Crippen LogP contribution in [0.1, 0.15) is 38.2 Å². The molecule has 1 aliphatic rings. The number of rotatable bonds is 3. The summed E-state index contributed by atoms with van der Waals surface area (Å²) in [5.74, 6) is 0.0701. The van der Waals surface area contributed by atoms with Crippen LogP contribution in [0.2, 0.25) is 0 Å². The fourth-order valence-electron chi connectivity index (χ4n) is 2.23. The predicted octanol–water partition coefficient (Wildman–Crippen LogP) is 3.15. The van der Waals surface area contributed by atoms with Gasteiger partial charge in [0.1, 0.15) is 0 Å². The van der Waals surface area contributed by atoms with Gasteiger partial charge in [0, 0.05) is 11.6 Å². The van der Waals surface area contributed by atoms with E-state index in [4.69, 9.17) is 0 Å². The molecule has 2 heteroatoms. The molecule has 0 unspecified atom stereocenters. The summed E-state index contributed by atoms with van der Waals surface area (Å²) >= 11 is 0. The maximum atomic E-state index is 11.9. The third kappa shape index (κ3) is 3.45. The summed E-state index contributed by atoms with van der Waals surface area (Å²) < 4.78 is 0. The number of nitrogens with one attached hydrogen (secondary N) is 1. The summed E-state index contributed by atoms with van der Waals surface area (Å²) in [6, 6.07) is 10.3. The third-order valence-corrected chi connectivity index (χ3v) is 3.23. The van der Waals surface area contributed by atoms with Gasteiger partial charge < -0.3 is 5.32 Å². The van der Waals surface area contributed by atoms with Crippen LogP contribution in [-0.4, -0.2) is 11.9 Å². The minimum atomic E-state index is 0.0701. The van der Waals surface area contributed by atoms with Gasteiger partial charge in [0.2, 0.25) is 5.91 Å². The highest BCUT2D eigenvalue weighted by Crippen LogP contribution is 2.18. The van der Waals surface area contributed by atoms with Crippen molar-refractivity contribution in [2.45, 2.75) is 38.6 Å². The molecule has 1 N–H and O–H groups in total.